The van der Waals surface area contributed by atoms with Crippen molar-refractivity contribution in [2.75, 3.05) is 5.32 Å². The number of anilines is 1. The van der Waals surface area contributed by atoms with E-state index in [1.165, 1.54) is 30.3 Å². The topological polar surface area (TPSA) is 121 Å². The van der Waals surface area contributed by atoms with Crippen LogP contribution in [0.1, 0.15) is 31.1 Å². The number of hydrogen-bond donors (Lipinski definition) is 3. The summed E-state index contributed by atoms with van der Waals surface area (Å²) in [6.45, 7) is 0. The first-order chi connectivity index (χ1) is 15.3. The molecular formula is C23H17N3O5S. The molecular weight excluding hydrogens is 430 g/mol. The molecule has 0 saturated heterocycles. The molecule has 3 aromatic carbocycles. The zero-order chi connectivity index (χ0) is 22.7. The fourth-order valence-electron chi connectivity index (χ4n) is 3.12. The lowest BCUT2D eigenvalue weighted by Crippen LogP contribution is -2.41. The van der Waals surface area contributed by atoms with E-state index in [2.05, 4.69) is 10.7 Å². The van der Waals surface area contributed by atoms with Gasteiger partial charge in [-0.1, -0.05) is 42.5 Å². The number of rotatable bonds is 6. The van der Waals surface area contributed by atoms with Crippen molar-refractivity contribution in [2.45, 2.75) is 4.90 Å². The smallest absolute Gasteiger partial charge is 0.266 e. The number of carbonyl (C=O) groups excluding carboxylic acids is 3. The Bertz CT molecular complexity index is 1350. The van der Waals surface area contributed by atoms with E-state index >= 15 is 0 Å². The minimum Gasteiger partial charge on any atom is -0.352 e. The Labute approximate surface area is 184 Å². The van der Waals surface area contributed by atoms with Gasteiger partial charge in [-0.15, -0.1) is 4.83 Å². The number of hydrogen-bond acceptors (Lipinski definition) is 6. The van der Waals surface area contributed by atoms with Crippen LogP contribution in [0, 0.1) is 0 Å². The lowest BCUT2D eigenvalue weighted by molar-refractivity contribution is 0.0944. The molecule has 0 fully saturated rings. The first-order valence-corrected chi connectivity index (χ1v) is 11.0. The van der Waals surface area contributed by atoms with Crippen LogP contribution in [-0.4, -0.2) is 25.9 Å². The molecule has 0 aromatic heterocycles. The number of nitrogens with one attached hydrogen (secondary N) is 3. The van der Waals surface area contributed by atoms with E-state index in [1.807, 2.05) is 4.83 Å². The first-order valence-electron chi connectivity index (χ1n) is 9.49. The van der Waals surface area contributed by atoms with Gasteiger partial charge in [-0.2, -0.15) is 0 Å². The van der Waals surface area contributed by atoms with Crippen molar-refractivity contribution in [1.82, 2.24) is 10.3 Å². The lowest BCUT2D eigenvalue weighted by atomic mass is 9.92. The van der Waals surface area contributed by atoms with Crippen molar-refractivity contribution < 1.29 is 22.8 Å². The highest BCUT2D eigenvalue weighted by atomic mass is 32.2. The summed E-state index contributed by atoms with van der Waals surface area (Å²) in [5.41, 5.74) is 3.62. The Hall–Kier alpha value is -4.08. The second-order valence-electron chi connectivity index (χ2n) is 6.87. The second-order valence-corrected chi connectivity index (χ2v) is 8.55. The highest BCUT2D eigenvalue weighted by Crippen LogP contribution is 2.23. The predicted molar refractivity (Wildman–Crippen MR) is 117 cm³/mol. The zero-order valence-electron chi connectivity index (χ0n) is 16.5. The van der Waals surface area contributed by atoms with Gasteiger partial charge in [0.2, 0.25) is 5.78 Å². The quantitative estimate of drug-likeness (QED) is 0.500. The van der Waals surface area contributed by atoms with Gasteiger partial charge in [0.05, 0.1) is 10.6 Å². The molecule has 1 aliphatic rings. The molecule has 0 saturated carbocycles. The fourth-order valence-corrected chi connectivity index (χ4v) is 3.95. The van der Waals surface area contributed by atoms with Crippen LogP contribution in [0.3, 0.4) is 0 Å². The molecule has 32 heavy (non-hydrogen) atoms. The highest BCUT2D eigenvalue weighted by molar-refractivity contribution is 7.89. The maximum atomic E-state index is 12.6. The van der Waals surface area contributed by atoms with Gasteiger partial charge in [-0.3, -0.25) is 19.8 Å². The molecule has 0 radical (unpaired) electrons. The molecule has 3 aromatic rings. The number of allylic oxidation sites excluding steroid dienone is 2. The maximum absolute atomic E-state index is 12.6. The van der Waals surface area contributed by atoms with Crippen LogP contribution in [0.4, 0.5) is 5.69 Å². The maximum Gasteiger partial charge on any atom is 0.266 e. The van der Waals surface area contributed by atoms with E-state index < -0.39 is 15.9 Å². The average molecular weight is 447 g/mol. The molecule has 0 atom stereocenters. The van der Waals surface area contributed by atoms with Gasteiger partial charge < -0.3 is 5.32 Å². The van der Waals surface area contributed by atoms with E-state index in [4.69, 9.17) is 0 Å². The summed E-state index contributed by atoms with van der Waals surface area (Å²) in [5.74, 6) is -1.22. The number of Topliss-reactive ketones (excluding diaryl/α,β-unsaturated/α-hetero) is 1. The largest absolute Gasteiger partial charge is 0.352 e. The zero-order valence-corrected chi connectivity index (χ0v) is 17.3. The molecule has 1 aliphatic carbocycles. The standard InChI is InChI=1S/C23H17N3O5S/c27-21-14-20(22(28)19-9-5-4-8-18(19)21)24-16-10-12-17(13-11-16)32(30,31)26-25-23(29)15-6-2-1-3-7-15/h1-14,24,26H,(H,25,29). The van der Waals surface area contributed by atoms with E-state index in [-0.39, 0.29) is 22.2 Å². The molecule has 0 heterocycles. The Kier molecular flexibility index (Phi) is 5.67. The number of ketones is 2. The molecule has 0 aliphatic heterocycles. The van der Waals surface area contributed by atoms with Crippen LogP contribution < -0.4 is 15.6 Å². The van der Waals surface area contributed by atoms with Crippen LogP contribution in [-0.2, 0) is 10.0 Å². The summed E-state index contributed by atoms with van der Waals surface area (Å²) in [6.07, 6.45) is 1.22. The van der Waals surface area contributed by atoms with Crippen LogP contribution in [0.15, 0.2) is 95.5 Å². The number of amides is 1. The van der Waals surface area contributed by atoms with Gasteiger partial charge in [0, 0.05) is 28.5 Å². The Morgan fingerprint density at radius 2 is 1.38 bits per heavy atom. The molecule has 0 bridgehead atoms. The second kappa shape index (κ2) is 8.58. The van der Waals surface area contributed by atoms with Gasteiger partial charge in [0.25, 0.3) is 15.9 Å². The summed E-state index contributed by atoms with van der Waals surface area (Å²) >= 11 is 0. The molecule has 8 nitrogen and oxygen atoms in total. The number of hydrazine groups is 1. The van der Waals surface area contributed by atoms with Gasteiger partial charge in [-0.05, 0) is 36.4 Å². The SMILES string of the molecule is O=C(NNS(=O)(=O)c1ccc(NC2=CC(=O)c3ccccc3C2=O)cc1)c1ccccc1. The molecule has 4 rings (SSSR count). The molecule has 9 heteroatoms. The molecule has 160 valence electrons. The minimum atomic E-state index is -4.02. The van der Waals surface area contributed by atoms with E-state index in [0.29, 0.717) is 22.4 Å². The summed E-state index contributed by atoms with van der Waals surface area (Å²) in [7, 11) is -4.02. The molecule has 0 spiro atoms. The van der Waals surface area contributed by atoms with Crippen LogP contribution in [0.2, 0.25) is 0 Å². The van der Waals surface area contributed by atoms with Gasteiger partial charge in [0.15, 0.2) is 5.78 Å². The third-order valence-corrected chi connectivity index (χ3v) is 6.00. The third kappa shape index (κ3) is 4.34. The summed E-state index contributed by atoms with van der Waals surface area (Å²) in [4.78, 5) is 38.9. The van der Waals surface area contributed by atoms with Gasteiger partial charge >= 0.3 is 0 Å². The van der Waals surface area contributed by atoms with Gasteiger partial charge in [0.1, 0.15) is 0 Å². The van der Waals surface area contributed by atoms with Crippen molar-refractivity contribution in [3.8, 4) is 0 Å². The highest BCUT2D eigenvalue weighted by Gasteiger charge is 2.25. The molecule has 1 amide bonds. The average Bonchev–Trinajstić information content (AvgIpc) is 2.82. The van der Waals surface area contributed by atoms with Crippen molar-refractivity contribution >= 4 is 33.2 Å². The van der Waals surface area contributed by atoms with E-state index in [9.17, 15) is 22.8 Å². The molecule has 0 unspecified atom stereocenters. The Balaban J connectivity index is 1.44. The summed E-state index contributed by atoms with van der Waals surface area (Å²) in [5, 5.41) is 2.86. The minimum absolute atomic E-state index is 0.0950. The number of sulfonamides is 1. The van der Waals surface area contributed by atoms with Crippen LogP contribution in [0.5, 0.6) is 0 Å². The lowest BCUT2D eigenvalue weighted by Gasteiger charge is -2.16. The Morgan fingerprint density at radius 3 is 2.06 bits per heavy atom. The van der Waals surface area contributed by atoms with Crippen molar-refractivity contribution in [1.29, 1.82) is 0 Å². The van der Waals surface area contributed by atoms with Crippen molar-refractivity contribution in [3.63, 3.8) is 0 Å². The summed E-state index contributed by atoms with van der Waals surface area (Å²) in [6, 6.07) is 20.2. The number of fused-ring (bicyclic) bond motifs is 1. The van der Waals surface area contributed by atoms with Crippen LogP contribution in [0.25, 0.3) is 0 Å². The monoisotopic (exact) mass is 447 g/mol. The normalized spacial score (nSPS) is 13.2. The fraction of sp³-hybridized carbons (Fsp3) is 0. The number of carbonyl (C=O) groups is 3. The molecule has 3 N–H and O–H groups in total. The van der Waals surface area contributed by atoms with Crippen molar-refractivity contribution in [2.24, 2.45) is 0 Å². The van der Waals surface area contributed by atoms with E-state index in [0.717, 1.165) is 0 Å². The van der Waals surface area contributed by atoms with E-state index in [1.54, 1.807) is 54.6 Å². The Morgan fingerprint density at radius 1 is 0.750 bits per heavy atom. The summed E-state index contributed by atoms with van der Waals surface area (Å²) < 4.78 is 24.9. The third-order valence-electron chi connectivity index (χ3n) is 4.74. The first kappa shape index (κ1) is 21.2. The number of benzene rings is 3. The van der Waals surface area contributed by atoms with Gasteiger partial charge in [-0.25, -0.2) is 8.42 Å². The predicted octanol–water partition coefficient (Wildman–Crippen LogP) is 2.68. The van der Waals surface area contributed by atoms with Crippen molar-refractivity contribution in [3.05, 3.63) is 107 Å². The van der Waals surface area contributed by atoms with Crippen LogP contribution >= 0.6 is 0 Å².